The third-order valence-electron chi connectivity index (χ3n) is 3.14. The maximum Gasteiger partial charge on any atom is 0.323 e. The van der Waals surface area contributed by atoms with Gasteiger partial charge >= 0.3 is 5.97 Å². The minimum Gasteiger partial charge on any atom is -0.480 e. The summed E-state index contributed by atoms with van der Waals surface area (Å²) in [6.45, 7) is 9.08. The SMILES string of the molecule is CCCOCCOCCCC(CC)(NCC)C(=O)O. The molecule has 0 saturated heterocycles. The molecule has 0 aromatic rings. The Bertz CT molecular complexity index is 235. The van der Waals surface area contributed by atoms with Crippen LogP contribution in [0.4, 0.5) is 0 Å². The molecule has 1 atom stereocenters. The van der Waals surface area contributed by atoms with Gasteiger partial charge in [0.2, 0.25) is 0 Å². The molecule has 0 saturated carbocycles. The zero-order valence-corrected chi connectivity index (χ0v) is 12.5. The molecule has 5 nitrogen and oxygen atoms in total. The second-order valence-corrected chi connectivity index (χ2v) is 4.60. The highest BCUT2D eigenvalue weighted by Gasteiger charge is 2.34. The molecule has 5 heteroatoms. The lowest BCUT2D eigenvalue weighted by atomic mass is 9.90. The van der Waals surface area contributed by atoms with Gasteiger partial charge in [-0.15, -0.1) is 0 Å². The van der Waals surface area contributed by atoms with E-state index in [-0.39, 0.29) is 0 Å². The van der Waals surface area contributed by atoms with Crippen LogP contribution < -0.4 is 5.32 Å². The topological polar surface area (TPSA) is 67.8 Å². The number of carbonyl (C=O) groups is 1. The fourth-order valence-electron chi connectivity index (χ4n) is 2.00. The molecular weight excluding hydrogens is 246 g/mol. The molecule has 0 aromatic carbocycles. The van der Waals surface area contributed by atoms with Crippen LogP contribution in [0.15, 0.2) is 0 Å². The average Bonchev–Trinajstić information content (AvgIpc) is 2.40. The van der Waals surface area contributed by atoms with Crippen molar-refractivity contribution in [3.63, 3.8) is 0 Å². The molecule has 1 unspecified atom stereocenters. The van der Waals surface area contributed by atoms with Crippen LogP contribution in [0.2, 0.25) is 0 Å². The third kappa shape index (κ3) is 7.50. The Morgan fingerprint density at radius 2 is 1.74 bits per heavy atom. The number of hydrogen-bond acceptors (Lipinski definition) is 4. The summed E-state index contributed by atoms with van der Waals surface area (Å²) in [5.74, 6) is -0.775. The van der Waals surface area contributed by atoms with Gasteiger partial charge in [0, 0.05) is 13.2 Å². The molecule has 114 valence electrons. The normalized spacial score (nSPS) is 14.3. The molecule has 0 aromatic heterocycles. The Morgan fingerprint density at radius 1 is 1.11 bits per heavy atom. The van der Waals surface area contributed by atoms with E-state index in [4.69, 9.17) is 9.47 Å². The summed E-state index contributed by atoms with van der Waals surface area (Å²) in [6.07, 6.45) is 2.92. The number of rotatable bonds is 13. The fourth-order valence-corrected chi connectivity index (χ4v) is 2.00. The van der Waals surface area contributed by atoms with Gasteiger partial charge in [-0.3, -0.25) is 4.79 Å². The minimum absolute atomic E-state index is 0.577. The first-order valence-electron chi connectivity index (χ1n) is 7.26. The molecule has 0 bridgehead atoms. The monoisotopic (exact) mass is 275 g/mol. The zero-order valence-electron chi connectivity index (χ0n) is 12.5. The summed E-state index contributed by atoms with van der Waals surface area (Å²) in [5.41, 5.74) is -0.809. The predicted octanol–water partition coefficient (Wildman–Crippen LogP) is 2.05. The smallest absolute Gasteiger partial charge is 0.323 e. The average molecular weight is 275 g/mol. The Kier molecular flexibility index (Phi) is 10.8. The fraction of sp³-hybridized carbons (Fsp3) is 0.929. The zero-order chi connectivity index (χ0) is 14.6. The maximum absolute atomic E-state index is 11.4. The van der Waals surface area contributed by atoms with Crippen molar-refractivity contribution in [2.24, 2.45) is 0 Å². The van der Waals surface area contributed by atoms with Crippen LogP contribution in [-0.2, 0) is 14.3 Å². The predicted molar refractivity (Wildman–Crippen MR) is 75.5 cm³/mol. The van der Waals surface area contributed by atoms with E-state index < -0.39 is 11.5 Å². The molecule has 0 aliphatic heterocycles. The van der Waals surface area contributed by atoms with Gasteiger partial charge in [-0.2, -0.15) is 0 Å². The van der Waals surface area contributed by atoms with E-state index in [0.29, 0.717) is 39.2 Å². The van der Waals surface area contributed by atoms with Crippen molar-refractivity contribution in [1.29, 1.82) is 0 Å². The summed E-state index contributed by atoms with van der Waals surface area (Å²) in [4.78, 5) is 11.4. The summed E-state index contributed by atoms with van der Waals surface area (Å²) >= 11 is 0. The molecule has 2 N–H and O–H groups in total. The van der Waals surface area contributed by atoms with Crippen LogP contribution in [0.5, 0.6) is 0 Å². The van der Waals surface area contributed by atoms with Crippen molar-refractivity contribution >= 4 is 5.97 Å². The van der Waals surface area contributed by atoms with Crippen molar-refractivity contribution in [1.82, 2.24) is 5.32 Å². The van der Waals surface area contributed by atoms with Gasteiger partial charge in [-0.1, -0.05) is 20.8 Å². The van der Waals surface area contributed by atoms with E-state index in [2.05, 4.69) is 12.2 Å². The lowest BCUT2D eigenvalue weighted by Crippen LogP contribution is -2.51. The van der Waals surface area contributed by atoms with Gasteiger partial charge in [0.1, 0.15) is 5.54 Å². The van der Waals surface area contributed by atoms with Crippen LogP contribution in [-0.4, -0.2) is 49.6 Å². The quantitative estimate of drug-likeness (QED) is 0.504. The summed E-state index contributed by atoms with van der Waals surface area (Å²) in [7, 11) is 0. The van der Waals surface area contributed by atoms with E-state index >= 15 is 0 Å². The van der Waals surface area contributed by atoms with Gasteiger partial charge in [0.05, 0.1) is 13.2 Å². The lowest BCUT2D eigenvalue weighted by Gasteiger charge is -2.29. The largest absolute Gasteiger partial charge is 0.480 e. The Balaban J connectivity index is 3.78. The van der Waals surface area contributed by atoms with Crippen LogP contribution in [0, 0.1) is 0 Å². The Morgan fingerprint density at radius 3 is 2.21 bits per heavy atom. The third-order valence-corrected chi connectivity index (χ3v) is 3.14. The highest BCUT2D eigenvalue weighted by molar-refractivity contribution is 5.78. The maximum atomic E-state index is 11.4. The number of likely N-dealkylation sites (N-methyl/N-ethyl adjacent to an activating group) is 1. The van der Waals surface area contributed by atoms with E-state index in [1.54, 1.807) is 0 Å². The van der Waals surface area contributed by atoms with Crippen LogP contribution >= 0.6 is 0 Å². The summed E-state index contributed by atoms with van der Waals surface area (Å²) in [6, 6.07) is 0. The molecule has 0 rings (SSSR count). The molecule has 0 spiro atoms. The lowest BCUT2D eigenvalue weighted by molar-refractivity contribution is -0.145. The van der Waals surface area contributed by atoms with E-state index in [9.17, 15) is 9.90 Å². The Hall–Kier alpha value is -0.650. The molecule has 0 aliphatic rings. The van der Waals surface area contributed by atoms with E-state index in [0.717, 1.165) is 19.4 Å². The number of aliphatic carboxylic acids is 1. The molecule has 0 amide bonds. The standard InChI is InChI=1S/C14H29NO4/c1-4-9-18-11-12-19-10-7-8-14(5-2,13(16)17)15-6-3/h15H,4-12H2,1-3H3,(H,16,17). The van der Waals surface area contributed by atoms with Crippen molar-refractivity contribution in [2.75, 3.05) is 33.0 Å². The first-order valence-corrected chi connectivity index (χ1v) is 7.26. The number of nitrogens with one attached hydrogen (secondary N) is 1. The van der Waals surface area contributed by atoms with Crippen LogP contribution in [0.3, 0.4) is 0 Å². The van der Waals surface area contributed by atoms with Crippen molar-refractivity contribution < 1.29 is 19.4 Å². The molecule has 0 heterocycles. The van der Waals surface area contributed by atoms with E-state index in [1.165, 1.54) is 0 Å². The van der Waals surface area contributed by atoms with Gasteiger partial charge in [0.25, 0.3) is 0 Å². The summed E-state index contributed by atoms with van der Waals surface area (Å²) < 4.78 is 10.7. The van der Waals surface area contributed by atoms with Crippen LogP contribution in [0.25, 0.3) is 0 Å². The molecular formula is C14H29NO4. The van der Waals surface area contributed by atoms with Gasteiger partial charge < -0.3 is 19.9 Å². The number of carboxylic acids is 1. The second-order valence-electron chi connectivity index (χ2n) is 4.60. The number of ether oxygens (including phenoxy) is 2. The van der Waals surface area contributed by atoms with Crippen molar-refractivity contribution in [2.45, 2.75) is 52.0 Å². The highest BCUT2D eigenvalue weighted by atomic mass is 16.5. The van der Waals surface area contributed by atoms with Crippen molar-refractivity contribution in [3.8, 4) is 0 Å². The molecule has 0 fully saturated rings. The summed E-state index contributed by atoms with van der Waals surface area (Å²) in [5, 5.41) is 12.4. The van der Waals surface area contributed by atoms with E-state index in [1.807, 2.05) is 13.8 Å². The molecule has 0 radical (unpaired) electrons. The van der Waals surface area contributed by atoms with Gasteiger partial charge in [-0.25, -0.2) is 0 Å². The highest BCUT2D eigenvalue weighted by Crippen LogP contribution is 2.18. The van der Waals surface area contributed by atoms with Gasteiger partial charge in [-0.05, 0) is 32.2 Å². The Labute approximate surface area is 116 Å². The molecule has 0 aliphatic carbocycles. The first kappa shape index (κ1) is 18.4. The van der Waals surface area contributed by atoms with Crippen molar-refractivity contribution in [3.05, 3.63) is 0 Å². The second kappa shape index (κ2) is 11.2. The number of hydrogen-bond donors (Lipinski definition) is 2. The van der Waals surface area contributed by atoms with Gasteiger partial charge in [0.15, 0.2) is 0 Å². The first-order chi connectivity index (χ1) is 9.13. The molecule has 19 heavy (non-hydrogen) atoms. The minimum atomic E-state index is -0.809. The number of carboxylic acid groups (broad SMARTS) is 1. The van der Waals surface area contributed by atoms with Crippen LogP contribution in [0.1, 0.15) is 46.5 Å².